The first kappa shape index (κ1) is 10.6. The fourth-order valence-corrected chi connectivity index (χ4v) is 4.26. The highest BCUT2D eigenvalue weighted by Gasteiger charge is 2.47. The van der Waals surface area contributed by atoms with E-state index < -0.39 is 5.97 Å². The molecule has 0 radical (unpaired) electrons. The maximum Gasteiger partial charge on any atom is 0.306 e. The maximum atomic E-state index is 11.1. The minimum absolute atomic E-state index is 0.0660. The number of hydrogen-bond donors (Lipinski definition) is 2. The number of hydrogen-bond acceptors (Lipinski definition) is 2. The van der Waals surface area contributed by atoms with Gasteiger partial charge in [0.2, 0.25) is 0 Å². The third-order valence-corrected chi connectivity index (χ3v) is 5.05. The van der Waals surface area contributed by atoms with Crippen molar-refractivity contribution in [1.29, 1.82) is 0 Å². The molecule has 3 rings (SSSR count). The molecule has 0 bridgehead atoms. The normalized spacial score (nSPS) is 47.1. The highest BCUT2D eigenvalue weighted by molar-refractivity contribution is 5.70. The van der Waals surface area contributed by atoms with E-state index in [0.29, 0.717) is 18.0 Å². The van der Waals surface area contributed by atoms with Gasteiger partial charge in [-0.15, -0.1) is 0 Å². The Bertz CT molecular complexity index is 292. The van der Waals surface area contributed by atoms with Crippen LogP contribution in [0.15, 0.2) is 0 Å². The van der Waals surface area contributed by atoms with Crippen LogP contribution in [0.4, 0.5) is 0 Å². The molecule has 2 saturated carbocycles. The minimum atomic E-state index is -0.572. The van der Waals surface area contributed by atoms with Gasteiger partial charge in [-0.05, 0) is 43.9 Å². The Morgan fingerprint density at radius 2 is 1.75 bits per heavy atom. The lowest BCUT2D eigenvalue weighted by Crippen LogP contribution is -2.36. The van der Waals surface area contributed by atoms with Gasteiger partial charge in [-0.25, -0.2) is 0 Å². The summed E-state index contributed by atoms with van der Waals surface area (Å²) in [6, 6.07) is 1.33. The van der Waals surface area contributed by atoms with Crippen molar-refractivity contribution in [2.24, 2.45) is 17.8 Å². The lowest BCUT2D eigenvalue weighted by molar-refractivity contribution is -0.143. The fraction of sp³-hybridized carbons (Fsp3) is 0.923. The van der Waals surface area contributed by atoms with Crippen LogP contribution in [0, 0.1) is 17.8 Å². The lowest BCUT2D eigenvalue weighted by Gasteiger charge is -2.33. The molecule has 3 heteroatoms. The van der Waals surface area contributed by atoms with Crippen molar-refractivity contribution >= 4 is 5.97 Å². The molecule has 0 spiro atoms. The monoisotopic (exact) mass is 223 g/mol. The Morgan fingerprint density at radius 1 is 1.00 bits per heavy atom. The van der Waals surface area contributed by atoms with Crippen LogP contribution in [-0.4, -0.2) is 23.2 Å². The Labute approximate surface area is 96.6 Å². The number of carboxylic acids is 1. The maximum absolute atomic E-state index is 11.1. The Kier molecular flexibility index (Phi) is 2.66. The second kappa shape index (κ2) is 4.02. The zero-order chi connectivity index (χ0) is 11.1. The molecule has 90 valence electrons. The molecule has 3 aliphatic rings. The highest BCUT2D eigenvalue weighted by Crippen LogP contribution is 2.45. The number of nitrogens with one attached hydrogen (secondary N) is 1. The van der Waals surface area contributed by atoms with E-state index in [1.807, 2.05) is 0 Å². The van der Waals surface area contributed by atoms with Crippen LogP contribution in [0.25, 0.3) is 0 Å². The molecule has 16 heavy (non-hydrogen) atoms. The van der Waals surface area contributed by atoms with E-state index in [1.54, 1.807) is 0 Å². The molecule has 0 aromatic heterocycles. The Hall–Kier alpha value is -0.570. The van der Waals surface area contributed by atoms with Gasteiger partial charge in [-0.1, -0.05) is 12.8 Å². The van der Waals surface area contributed by atoms with Gasteiger partial charge in [0, 0.05) is 12.1 Å². The van der Waals surface area contributed by atoms with Crippen LogP contribution >= 0.6 is 0 Å². The second-order valence-corrected chi connectivity index (χ2v) is 5.84. The molecule has 3 fully saturated rings. The summed E-state index contributed by atoms with van der Waals surface area (Å²) in [4.78, 5) is 11.1. The largest absolute Gasteiger partial charge is 0.481 e. The zero-order valence-corrected chi connectivity index (χ0v) is 9.69. The molecule has 0 amide bonds. The average molecular weight is 223 g/mol. The summed E-state index contributed by atoms with van der Waals surface area (Å²) in [6.07, 6.45) is 8.23. The van der Waals surface area contributed by atoms with Gasteiger partial charge < -0.3 is 10.4 Å². The van der Waals surface area contributed by atoms with Gasteiger partial charge in [-0.2, -0.15) is 0 Å². The van der Waals surface area contributed by atoms with Crippen LogP contribution in [0.2, 0.25) is 0 Å². The van der Waals surface area contributed by atoms with E-state index >= 15 is 0 Å². The van der Waals surface area contributed by atoms with Crippen molar-refractivity contribution in [3.05, 3.63) is 0 Å². The first-order valence-corrected chi connectivity index (χ1v) is 6.74. The van der Waals surface area contributed by atoms with E-state index in [1.165, 1.54) is 25.7 Å². The third-order valence-electron chi connectivity index (χ3n) is 5.05. The van der Waals surface area contributed by atoms with Crippen LogP contribution < -0.4 is 5.32 Å². The zero-order valence-electron chi connectivity index (χ0n) is 9.69. The summed E-state index contributed by atoms with van der Waals surface area (Å²) < 4.78 is 0. The van der Waals surface area contributed by atoms with Crippen molar-refractivity contribution in [3.63, 3.8) is 0 Å². The molecule has 1 heterocycles. The van der Waals surface area contributed by atoms with Crippen LogP contribution in [0.5, 0.6) is 0 Å². The minimum Gasteiger partial charge on any atom is -0.481 e. The summed E-state index contributed by atoms with van der Waals surface area (Å²) in [6.45, 7) is 0. The molecular weight excluding hydrogens is 202 g/mol. The predicted octanol–water partition coefficient (Wildman–Crippen LogP) is 2.02. The highest BCUT2D eigenvalue weighted by atomic mass is 16.4. The quantitative estimate of drug-likeness (QED) is 0.715. The van der Waals surface area contributed by atoms with Crippen molar-refractivity contribution < 1.29 is 9.90 Å². The van der Waals surface area contributed by atoms with Gasteiger partial charge in [0.15, 0.2) is 0 Å². The lowest BCUT2D eigenvalue weighted by atomic mass is 9.70. The van der Waals surface area contributed by atoms with E-state index in [9.17, 15) is 4.79 Å². The number of fused-ring (bicyclic) bond motifs is 3. The summed E-state index contributed by atoms with van der Waals surface area (Å²) in [5.74, 6) is 0.794. The molecule has 5 unspecified atom stereocenters. The van der Waals surface area contributed by atoms with Crippen LogP contribution in [-0.2, 0) is 4.79 Å². The first-order valence-electron chi connectivity index (χ1n) is 6.74. The van der Waals surface area contributed by atoms with Gasteiger partial charge in [0.05, 0.1) is 5.92 Å². The molecule has 0 aromatic carbocycles. The Morgan fingerprint density at radius 3 is 2.56 bits per heavy atom. The standard InChI is InChI=1S/C13H21NO2/c15-13(16)8-5-6-12-10(7-8)9-3-1-2-4-11(9)14-12/h8-12,14H,1-7H2,(H,15,16). The van der Waals surface area contributed by atoms with Crippen molar-refractivity contribution in [3.8, 4) is 0 Å². The molecule has 2 aliphatic carbocycles. The van der Waals surface area contributed by atoms with E-state index in [2.05, 4.69) is 5.32 Å². The molecule has 5 atom stereocenters. The number of carboxylic acid groups (broad SMARTS) is 1. The SMILES string of the molecule is O=C(O)C1CCC2NC3CCCCC3C2C1. The summed E-state index contributed by atoms with van der Waals surface area (Å²) in [5.41, 5.74) is 0. The number of aliphatic carboxylic acids is 1. The molecule has 1 aliphatic heterocycles. The fourth-order valence-electron chi connectivity index (χ4n) is 4.26. The second-order valence-electron chi connectivity index (χ2n) is 5.84. The van der Waals surface area contributed by atoms with E-state index in [4.69, 9.17) is 5.11 Å². The summed E-state index contributed by atoms with van der Waals surface area (Å²) in [7, 11) is 0. The predicted molar refractivity (Wildman–Crippen MR) is 61.1 cm³/mol. The van der Waals surface area contributed by atoms with Crippen LogP contribution in [0.3, 0.4) is 0 Å². The van der Waals surface area contributed by atoms with Gasteiger partial charge in [0.1, 0.15) is 0 Å². The summed E-state index contributed by atoms with van der Waals surface area (Å²) >= 11 is 0. The molecule has 2 N–H and O–H groups in total. The number of rotatable bonds is 1. The molecular formula is C13H21NO2. The van der Waals surface area contributed by atoms with E-state index in [0.717, 1.165) is 25.2 Å². The summed E-state index contributed by atoms with van der Waals surface area (Å²) in [5, 5.41) is 12.9. The Balaban J connectivity index is 1.73. The topological polar surface area (TPSA) is 49.3 Å². The molecule has 0 aromatic rings. The van der Waals surface area contributed by atoms with Crippen LogP contribution in [0.1, 0.15) is 44.9 Å². The van der Waals surface area contributed by atoms with Gasteiger partial charge >= 0.3 is 5.97 Å². The molecule has 1 saturated heterocycles. The van der Waals surface area contributed by atoms with E-state index in [-0.39, 0.29) is 5.92 Å². The smallest absolute Gasteiger partial charge is 0.306 e. The average Bonchev–Trinajstić information content (AvgIpc) is 2.66. The van der Waals surface area contributed by atoms with Crippen molar-refractivity contribution in [1.82, 2.24) is 5.32 Å². The first-order chi connectivity index (χ1) is 7.75. The third kappa shape index (κ3) is 1.65. The van der Waals surface area contributed by atoms with Crippen molar-refractivity contribution in [2.75, 3.05) is 0 Å². The molecule has 3 nitrogen and oxygen atoms in total. The number of carbonyl (C=O) groups is 1. The van der Waals surface area contributed by atoms with Crippen molar-refractivity contribution in [2.45, 2.75) is 57.0 Å². The van der Waals surface area contributed by atoms with Gasteiger partial charge in [0.25, 0.3) is 0 Å². The van der Waals surface area contributed by atoms with Gasteiger partial charge in [-0.3, -0.25) is 4.79 Å².